The molecule has 2 atom stereocenters. The zero-order chi connectivity index (χ0) is 19.4. The van der Waals surface area contributed by atoms with Gasteiger partial charge >= 0.3 is 0 Å². The summed E-state index contributed by atoms with van der Waals surface area (Å²) in [5, 5.41) is 14.6. The number of hydrogen-bond acceptors (Lipinski definition) is 4. The van der Waals surface area contributed by atoms with Gasteiger partial charge in [-0.15, -0.1) is 0 Å². The zero-order valence-corrected chi connectivity index (χ0v) is 17.4. The van der Waals surface area contributed by atoms with E-state index in [4.69, 9.17) is 0 Å². The first-order valence-corrected chi connectivity index (χ1v) is 10.6. The van der Waals surface area contributed by atoms with Gasteiger partial charge < -0.3 is 5.32 Å². The Labute approximate surface area is 171 Å². The van der Waals surface area contributed by atoms with Crippen molar-refractivity contribution in [2.75, 3.05) is 0 Å². The summed E-state index contributed by atoms with van der Waals surface area (Å²) in [6.07, 6.45) is 4.37. The van der Waals surface area contributed by atoms with Gasteiger partial charge in [0.25, 0.3) is 11.6 Å². The lowest BCUT2D eigenvalue weighted by atomic mass is 9.86. The van der Waals surface area contributed by atoms with E-state index in [-0.39, 0.29) is 17.6 Å². The third-order valence-electron chi connectivity index (χ3n) is 4.89. The molecule has 5 nitrogen and oxygen atoms in total. The van der Waals surface area contributed by atoms with Crippen molar-refractivity contribution in [2.24, 2.45) is 5.92 Å². The van der Waals surface area contributed by atoms with Crippen LogP contribution in [0, 0.1) is 16.0 Å². The summed E-state index contributed by atoms with van der Waals surface area (Å²) in [7, 11) is 0. The summed E-state index contributed by atoms with van der Waals surface area (Å²) < 4.78 is 0.949. The molecule has 7 heteroatoms. The molecule has 0 aliphatic heterocycles. The second-order valence-electron chi connectivity index (χ2n) is 6.84. The minimum Gasteiger partial charge on any atom is -0.349 e. The number of rotatable bonds is 5. The summed E-state index contributed by atoms with van der Waals surface area (Å²) in [5.41, 5.74) is 0.284. The van der Waals surface area contributed by atoms with E-state index in [1.807, 2.05) is 24.3 Å². The van der Waals surface area contributed by atoms with Gasteiger partial charge in [0.2, 0.25) is 0 Å². The lowest BCUT2D eigenvalue weighted by Crippen LogP contribution is -2.41. The van der Waals surface area contributed by atoms with Crippen molar-refractivity contribution in [3.63, 3.8) is 0 Å². The largest absolute Gasteiger partial charge is 0.349 e. The molecule has 0 radical (unpaired) electrons. The summed E-state index contributed by atoms with van der Waals surface area (Å²) in [6.45, 7) is 2.14. The van der Waals surface area contributed by atoms with Gasteiger partial charge in [0.1, 0.15) is 0 Å². The van der Waals surface area contributed by atoms with E-state index in [1.165, 1.54) is 24.2 Å². The van der Waals surface area contributed by atoms with Gasteiger partial charge in [0.05, 0.1) is 9.82 Å². The predicted molar refractivity (Wildman–Crippen MR) is 110 cm³/mol. The first kappa shape index (κ1) is 19.9. The standard InChI is InChI=1S/C20H21BrN2O3S/c1-13-4-2-3-5-17(13)22-20(24)14-6-11-19(18(12-14)23(25)26)27-16-9-7-15(21)8-10-16/h6-13,17H,2-5H2,1H3,(H,22,24). The maximum absolute atomic E-state index is 12.6. The fourth-order valence-corrected chi connectivity index (χ4v) is 4.46. The summed E-state index contributed by atoms with van der Waals surface area (Å²) in [4.78, 5) is 25.1. The second kappa shape index (κ2) is 8.89. The monoisotopic (exact) mass is 448 g/mol. The average Bonchev–Trinajstić information content (AvgIpc) is 2.65. The molecule has 27 heavy (non-hydrogen) atoms. The van der Waals surface area contributed by atoms with Gasteiger partial charge in [-0.2, -0.15) is 0 Å². The average molecular weight is 449 g/mol. The van der Waals surface area contributed by atoms with Crippen LogP contribution >= 0.6 is 27.7 Å². The molecule has 2 aromatic carbocycles. The Morgan fingerprint density at radius 1 is 1.19 bits per heavy atom. The Morgan fingerprint density at radius 2 is 1.89 bits per heavy atom. The highest BCUT2D eigenvalue weighted by Gasteiger charge is 2.24. The van der Waals surface area contributed by atoms with Gasteiger partial charge in [0.15, 0.2) is 0 Å². The maximum Gasteiger partial charge on any atom is 0.284 e. The molecule has 0 saturated heterocycles. The zero-order valence-electron chi connectivity index (χ0n) is 15.0. The van der Waals surface area contributed by atoms with E-state index in [0.717, 1.165) is 28.6 Å². The predicted octanol–water partition coefficient (Wildman–Crippen LogP) is 5.82. The molecule has 2 aromatic rings. The van der Waals surface area contributed by atoms with Crippen molar-refractivity contribution in [1.29, 1.82) is 0 Å². The number of carbonyl (C=O) groups is 1. The maximum atomic E-state index is 12.6. The Kier molecular flexibility index (Phi) is 6.55. The van der Waals surface area contributed by atoms with Crippen LogP contribution in [-0.2, 0) is 0 Å². The van der Waals surface area contributed by atoms with E-state index in [1.54, 1.807) is 12.1 Å². The van der Waals surface area contributed by atoms with Crippen LogP contribution in [0.2, 0.25) is 0 Å². The molecule has 0 heterocycles. The molecule has 1 N–H and O–H groups in total. The van der Waals surface area contributed by atoms with E-state index in [9.17, 15) is 14.9 Å². The summed E-state index contributed by atoms with van der Waals surface area (Å²) in [5.74, 6) is 0.196. The number of nitro benzene ring substituents is 1. The molecule has 142 valence electrons. The molecule has 0 bridgehead atoms. The lowest BCUT2D eigenvalue weighted by molar-refractivity contribution is -0.387. The van der Waals surface area contributed by atoms with Gasteiger partial charge in [0, 0.05) is 27.0 Å². The number of nitro groups is 1. The Morgan fingerprint density at radius 3 is 2.56 bits per heavy atom. The quantitative estimate of drug-likeness (QED) is 0.462. The molecule has 1 saturated carbocycles. The Hall–Kier alpha value is -1.86. The van der Waals surface area contributed by atoms with Crippen LogP contribution < -0.4 is 5.32 Å². The van der Waals surface area contributed by atoms with Crippen LogP contribution in [0.15, 0.2) is 56.7 Å². The highest BCUT2D eigenvalue weighted by Crippen LogP contribution is 2.36. The first-order chi connectivity index (χ1) is 12.9. The number of amides is 1. The highest BCUT2D eigenvalue weighted by atomic mass is 79.9. The van der Waals surface area contributed by atoms with Crippen molar-refractivity contribution in [3.05, 3.63) is 62.6 Å². The van der Waals surface area contributed by atoms with Crippen molar-refractivity contribution in [2.45, 2.75) is 48.4 Å². The van der Waals surface area contributed by atoms with Crippen molar-refractivity contribution < 1.29 is 9.72 Å². The number of nitrogens with zero attached hydrogens (tertiary/aromatic N) is 1. The molecule has 3 rings (SSSR count). The SMILES string of the molecule is CC1CCCCC1NC(=O)c1ccc(Sc2ccc(Br)cc2)c([N+](=O)[O-])c1. The van der Waals surface area contributed by atoms with Crippen LogP contribution in [0.5, 0.6) is 0 Å². The van der Waals surface area contributed by atoms with Crippen LogP contribution in [0.3, 0.4) is 0 Å². The lowest BCUT2D eigenvalue weighted by Gasteiger charge is -2.29. The number of benzene rings is 2. The smallest absolute Gasteiger partial charge is 0.284 e. The topological polar surface area (TPSA) is 72.2 Å². The first-order valence-electron chi connectivity index (χ1n) is 8.97. The van der Waals surface area contributed by atoms with Gasteiger partial charge in [-0.05, 0) is 55.2 Å². The minimum atomic E-state index is -0.429. The van der Waals surface area contributed by atoms with E-state index >= 15 is 0 Å². The number of halogens is 1. The number of hydrogen-bond donors (Lipinski definition) is 1. The van der Waals surface area contributed by atoms with Gasteiger partial charge in [-0.1, -0.05) is 47.5 Å². The van der Waals surface area contributed by atoms with Crippen LogP contribution in [0.1, 0.15) is 43.0 Å². The fraction of sp³-hybridized carbons (Fsp3) is 0.350. The normalized spacial score (nSPS) is 19.5. The Bertz CT molecular complexity index is 842. The summed E-state index contributed by atoms with van der Waals surface area (Å²) in [6, 6.07) is 12.4. The minimum absolute atomic E-state index is 0.0488. The molecule has 1 aliphatic rings. The van der Waals surface area contributed by atoms with E-state index < -0.39 is 4.92 Å². The third-order valence-corrected chi connectivity index (χ3v) is 6.49. The number of nitrogens with one attached hydrogen (secondary N) is 1. The van der Waals surface area contributed by atoms with Crippen molar-refractivity contribution >= 4 is 39.3 Å². The van der Waals surface area contributed by atoms with Gasteiger partial charge in [-0.3, -0.25) is 14.9 Å². The molecule has 1 aliphatic carbocycles. The van der Waals surface area contributed by atoms with Crippen molar-refractivity contribution in [1.82, 2.24) is 5.32 Å². The highest BCUT2D eigenvalue weighted by molar-refractivity contribution is 9.10. The molecular formula is C20H21BrN2O3S. The summed E-state index contributed by atoms with van der Waals surface area (Å²) >= 11 is 4.69. The van der Waals surface area contributed by atoms with Crippen LogP contribution in [0.25, 0.3) is 0 Å². The molecule has 2 unspecified atom stereocenters. The number of carbonyl (C=O) groups excluding carboxylic acids is 1. The molecule has 1 amide bonds. The van der Waals surface area contributed by atoms with Gasteiger partial charge in [-0.25, -0.2) is 0 Å². The molecule has 0 spiro atoms. The van der Waals surface area contributed by atoms with Crippen LogP contribution in [0.4, 0.5) is 5.69 Å². The molecule has 1 fully saturated rings. The second-order valence-corrected chi connectivity index (χ2v) is 8.87. The van der Waals surface area contributed by atoms with E-state index in [2.05, 4.69) is 28.2 Å². The third kappa shape index (κ3) is 5.11. The van der Waals surface area contributed by atoms with Crippen molar-refractivity contribution in [3.8, 4) is 0 Å². The molecule has 0 aromatic heterocycles. The van der Waals surface area contributed by atoms with E-state index in [0.29, 0.717) is 16.4 Å². The molecular weight excluding hydrogens is 428 g/mol. The van der Waals surface area contributed by atoms with Crippen LogP contribution in [-0.4, -0.2) is 16.9 Å². The Balaban J connectivity index is 1.79. The fourth-order valence-electron chi connectivity index (χ4n) is 3.30.